The number of anilines is 1. The summed E-state index contributed by atoms with van der Waals surface area (Å²) in [7, 11) is 0. The van der Waals surface area contributed by atoms with Gasteiger partial charge in [-0.15, -0.1) is 0 Å². The highest BCUT2D eigenvalue weighted by molar-refractivity contribution is 5.89. The molecular weight excluding hydrogens is 336 g/mol. The first-order valence-corrected chi connectivity index (χ1v) is 9.21. The quantitative estimate of drug-likeness (QED) is 0.775. The van der Waals surface area contributed by atoms with Crippen LogP contribution in [-0.4, -0.2) is 23.8 Å². The number of nitrogens with one attached hydrogen (secondary N) is 1. The molecule has 1 aliphatic rings. The van der Waals surface area contributed by atoms with E-state index in [1.54, 1.807) is 12.1 Å². The molecular formula is C19H24N2O5. The van der Waals surface area contributed by atoms with E-state index in [-0.39, 0.29) is 17.6 Å². The first-order valence-electron chi connectivity index (χ1n) is 9.21. The summed E-state index contributed by atoms with van der Waals surface area (Å²) in [6.07, 6.45) is 6.61. The molecule has 7 nitrogen and oxygen atoms in total. The van der Waals surface area contributed by atoms with Crippen LogP contribution < -0.4 is 15.7 Å². The summed E-state index contributed by atoms with van der Waals surface area (Å²) in [5.74, 6) is 0. The number of carbonyl (C=O) groups is 1. The van der Waals surface area contributed by atoms with E-state index in [0.717, 1.165) is 38.5 Å². The van der Waals surface area contributed by atoms with Crippen molar-refractivity contribution >= 4 is 22.7 Å². The molecule has 140 valence electrons. The predicted molar refractivity (Wildman–Crippen MR) is 97.7 cm³/mol. The lowest BCUT2D eigenvalue weighted by molar-refractivity contribution is 0.107. The monoisotopic (exact) mass is 360 g/mol. The van der Waals surface area contributed by atoms with Crippen LogP contribution in [0.25, 0.3) is 10.9 Å². The van der Waals surface area contributed by atoms with Crippen LogP contribution in [0.3, 0.4) is 0 Å². The molecule has 7 heteroatoms. The zero-order valence-corrected chi connectivity index (χ0v) is 15.0. The van der Waals surface area contributed by atoms with Crippen LogP contribution in [0.2, 0.25) is 0 Å². The molecule has 1 amide bonds. The van der Waals surface area contributed by atoms with Crippen molar-refractivity contribution in [2.75, 3.05) is 11.9 Å². The number of unbranched alkanes of at least 4 members (excludes halogenated alkanes) is 1. The van der Waals surface area contributed by atoms with Gasteiger partial charge in [0.1, 0.15) is 6.10 Å². The van der Waals surface area contributed by atoms with Gasteiger partial charge in [-0.1, -0.05) is 19.8 Å². The van der Waals surface area contributed by atoms with Crippen LogP contribution in [0, 0.1) is 0 Å². The van der Waals surface area contributed by atoms with Crippen molar-refractivity contribution in [3.05, 3.63) is 28.6 Å². The summed E-state index contributed by atoms with van der Waals surface area (Å²) in [6, 6.07) is 4.85. The maximum absolute atomic E-state index is 12.3. The molecule has 0 aliphatic heterocycles. The predicted octanol–water partition coefficient (Wildman–Crippen LogP) is 4.25. The Labute approximate surface area is 151 Å². The van der Waals surface area contributed by atoms with E-state index in [0.29, 0.717) is 17.8 Å². The summed E-state index contributed by atoms with van der Waals surface area (Å²) < 4.78 is 16.0. The molecule has 0 unspecified atom stereocenters. The average Bonchev–Trinajstić information content (AvgIpc) is 2.63. The number of hydrogen-bond donors (Lipinski definition) is 1. The third-order valence-corrected chi connectivity index (χ3v) is 4.41. The standard InChI is InChI=1S/C19H24N2O5/c1-2-3-11-24-18(23)20-13-9-10-16-15(12-13)17(22)26-19(21-16)25-14-7-5-4-6-8-14/h9-10,12,14H,2-8,11H2,1H3,(H,20,23). The maximum atomic E-state index is 12.3. The molecule has 0 saturated heterocycles. The smallest absolute Gasteiger partial charge is 0.411 e. The number of fused-ring (bicyclic) bond motifs is 1. The Bertz CT molecular complexity index is 811. The molecule has 0 bridgehead atoms. The minimum Gasteiger partial charge on any atom is -0.449 e. The van der Waals surface area contributed by atoms with Gasteiger partial charge >= 0.3 is 17.8 Å². The Morgan fingerprint density at radius 1 is 1.31 bits per heavy atom. The van der Waals surface area contributed by atoms with Crippen molar-refractivity contribution in [3.8, 4) is 6.08 Å². The molecule has 26 heavy (non-hydrogen) atoms. The second-order valence-corrected chi connectivity index (χ2v) is 6.49. The lowest BCUT2D eigenvalue weighted by atomic mass is 9.98. The molecule has 1 saturated carbocycles. The van der Waals surface area contributed by atoms with Crippen molar-refractivity contribution in [2.45, 2.75) is 58.0 Å². The van der Waals surface area contributed by atoms with E-state index in [4.69, 9.17) is 13.9 Å². The first-order chi connectivity index (χ1) is 12.7. The molecule has 0 radical (unpaired) electrons. The normalized spacial score (nSPS) is 15.0. The number of nitrogens with zero attached hydrogens (tertiary/aromatic N) is 1. The van der Waals surface area contributed by atoms with Crippen molar-refractivity contribution < 1.29 is 18.7 Å². The van der Waals surface area contributed by atoms with Gasteiger partial charge in [0, 0.05) is 5.69 Å². The van der Waals surface area contributed by atoms with Gasteiger partial charge in [0.05, 0.1) is 17.5 Å². The van der Waals surface area contributed by atoms with Crippen molar-refractivity contribution in [2.24, 2.45) is 0 Å². The Hall–Kier alpha value is -2.57. The topological polar surface area (TPSA) is 90.7 Å². The highest BCUT2D eigenvalue weighted by atomic mass is 16.6. The molecule has 0 spiro atoms. The molecule has 1 fully saturated rings. The van der Waals surface area contributed by atoms with Gasteiger partial charge in [0.2, 0.25) is 0 Å². The average molecular weight is 360 g/mol. The van der Waals surface area contributed by atoms with E-state index in [9.17, 15) is 9.59 Å². The summed E-state index contributed by atoms with van der Waals surface area (Å²) in [5, 5.41) is 2.88. The fourth-order valence-electron chi connectivity index (χ4n) is 2.97. The summed E-state index contributed by atoms with van der Waals surface area (Å²) >= 11 is 0. The number of hydrogen-bond acceptors (Lipinski definition) is 6. The Morgan fingerprint density at radius 3 is 2.88 bits per heavy atom. The molecule has 1 heterocycles. The van der Waals surface area contributed by atoms with Crippen LogP contribution in [0.5, 0.6) is 6.08 Å². The lowest BCUT2D eigenvalue weighted by Crippen LogP contribution is -2.21. The molecule has 2 aromatic rings. The molecule has 1 aromatic carbocycles. The van der Waals surface area contributed by atoms with Crippen molar-refractivity contribution in [1.29, 1.82) is 0 Å². The second kappa shape index (κ2) is 8.69. The number of ether oxygens (including phenoxy) is 2. The van der Waals surface area contributed by atoms with E-state index < -0.39 is 11.7 Å². The first kappa shape index (κ1) is 18.2. The van der Waals surface area contributed by atoms with Crippen LogP contribution in [0.1, 0.15) is 51.9 Å². The largest absolute Gasteiger partial charge is 0.449 e. The zero-order chi connectivity index (χ0) is 18.4. The van der Waals surface area contributed by atoms with Crippen LogP contribution in [0.15, 0.2) is 27.4 Å². The van der Waals surface area contributed by atoms with Crippen LogP contribution in [-0.2, 0) is 4.74 Å². The summed E-state index contributed by atoms with van der Waals surface area (Å²) in [5.41, 5.74) is 0.384. The molecule has 3 rings (SSSR count). The van der Waals surface area contributed by atoms with Gasteiger partial charge in [-0.3, -0.25) is 5.32 Å². The third-order valence-electron chi connectivity index (χ3n) is 4.41. The van der Waals surface area contributed by atoms with E-state index in [1.165, 1.54) is 12.5 Å². The van der Waals surface area contributed by atoms with Gasteiger partial charge in [-0.2, -0.15) is 4.98 Å². The fourth-order valence-corrected chi connectivity index (χ4v) is 2.97. The molecule has 1 aromatic heterocycles. The number of amides is 1. The summed E-state index contributed by atoms with van der Waals surface area (Å²) in [6.45, 7) is 2.38. The lowest BCUT2D eigenvalue weighted by Gasteiger charge is -2.21. The minimum atomic E-state index is -0.549. The fraction of sp³-hybridized carbons (Fsp3) is 0.526. The van der Waals surface area contributed by atoms with Crippen molar-refractivity contribution in [1.82, 2.24) is 4.98 Å². The van der Waals surface area contributed by atoms with Gasteiger partial charge in [-0.25, -0.2) is 9.59 Å². The molecule has 1 N–H and O–H groups in total. The van der Waals surface area contributed by atoms with Gasteiger partial charge < -0.3 is 13.9 Å². The SMILES string of the molecule is CCCCOC(=O)Nc1ccc2nc(OC3CCCCC3)oc(=O)c2c1. The highest BCUT2D eigenvalue weighted by Gasteiger charge is 2.18. The molecule has 1 aliphatic carbocycles. The maximum Gasteiger partial charge on any atom is 0.411 e. The van der Waals surface area contributed by atoms with Gasteiger partial charge in [0.15, 0.2) is 0 Å². The van der Waals surface area contributed by atoms with Gasteiger partial charge in [0.25, 0.3) is 0 Å². The Kier molecular flexibility index (Phi) is 6.09. The summed E-state index contributed by atoms with van der Waals surface area (Å²) in [4.78, 5) is 28.3. The number of benzene rings is 1. The number of rotatable bonds is 6. The number of carbonyl (C=O) groups excluding carboxylic acids is 1. The molecule has 0 atom stereocenters. The van der Waals surface area contributed by atoms with Crippen LogP contribution in [0.4, 0.5) is 10.5 Å². The van der Waals surface area contributed by atoms with E-state index >= 15 is 0 Å². The Balaban J connectivity index is 1.71. The Morgan fingerprint density at radius 2 is 2.12 bits per heavy atom. The number of aromatic nitrogens is 1. The minimum absolute atomic E-state index is 0.00841. The van der Waals surface area contributed by atoms with Gasteiger partial charge in [-0.05, 0) is 50.3 Å². The second-order valence-electron chi connectivity index (χ2n) is 6.49. The van der Waals surface area contributed by atoms with Crippen molar-refractivity contribution in [3.63, 3.8) is 0 Å². The third kappa shape index (κ3) is 4.74. The van der Waals surface area contributed by atoms with E-state index in [2.05, 4.69) is 10.3 Å². The van der Waals surface area contributed by atoms with E-state index in [1.807, 2.05) is 6.92 Å². The highest BCUT2D eigenvalue weighted by Crippen LogP contribution is 2.23. The zero-order valence-electron chi connectivity index (χ0n) is 15.0. The van der Waals surface area contributed by atoms with Crippen LogP contribution >= 0.6 is 0 Å².